The Hall–Kier alpha value is -1.12. The number of unbranched alkanes of at least 4 members (excludes halogenated alkanes) is 1. The van der Waals surface area contributed by atoms with Gasteiger partial charge in [-0.25, -0.2) is 13.1 Å². The summed E-state index contributed by atoms with van der Waals surface area (Å²) in [6.45, 7) is 2.05. The van der Waals surface area contributed by atoms with E-state index in [2.05, 4.69) is 4.72 Å². The number of nitrogens with one attached hydrogen (secondary N) is 1. The van der Waals surface area contributed by atoms with Crippen molar-refractivity contribution in [1.29, 1.82) is 0 Å². The van der Waals surface area contributed by atoms with E-state index in [1.165, 1.54) is 0 Å². The van der Waals surface area contributed by atoms with Crippen molar-refractivity contribution < 1.29 is 21.6 Å². The van der Waals surface area contributed by atoms with Crippen LogP contribution < -0.4 is 10.5 Å². The topological polar surface area (TPSA) is 72.2 Å². The van der Waals surface area contributed by atoms with Crippen LogP contribution >= 0.6 is 0 Å². The molecule has 0 amide bonds. The predicted molar refractivity (Wildman–Crippen MR) is 74.1 cm³/mol. The van der Waals surface area contributed by atoms with E-state index in [4.69, 9.17) is 5.73 Å². The molecule has 0 fully saturated rings. The Bertz CT molecular complexity index is 559. The van der Waals surface area contributed by atoms with Crippen molar-refractivity contribution in [2.24, 2.45) is 5.73 Å². The van der Waals surface area contributed by atoms with E-state index in [0.717, 1.165) is 31.0 Å². The predicted octanol–water partition coefficient (Wildman–Crippen LogP) is 2.50. The van der Waals surface area contributed by atoms with Crippen molar-refractivity contribution in [3.8, 4) is 0 Å². The van der Waals surface area contributed by atoms with E-state index in [0.29, 0.717) is 12.5 Å². The zero-order valence-corrected chi connectivity index (χ0v) is 12.5. The van der Waals surface area contributed by atoms with Crippen LogP contribution in [0.3, 0.4) is 0 Å². The van der Waals surface area contributed by atoms with Gasteiger partial charge < -0.3 is 5.73 Å². The highest BCUT2D eigenvalue weighted by atomic mass is 32.2. The molecule has 120 valence electrons. The van der Waals surface area contributed by atoms with Gasteiger partial charge in [-0.1, -0.05) is 25.8 Å². The molecule has 8 heteroatoms. The first-order valence-corrected chi connectivity index (χ1v) is 8.08. The second-order valence-corrected chi connectivity index (χ2v) is 6.44. The quantitative estimate of drug-likeness (QED) is 0.809. The van der Waals surface area contributed by atoms with Crippen molar-refractivity contribution in [1.82, 2.24) is 4.72 Å². The number of benzene rings is 1. The standard InChI is InChI=1S/C13H19F3N2O2S/c1-2-3-6-11(9-17)18-21(19,20)12-7-4-5-10(8-12)13(14,15)16/h4-5,7-8,11,18H,2-3,6,9,17H2,1H3. The maximum absolute atomic E-state index is 12.6. The molecule has 0 saturated heterocycles. The van der Waals surface area contributed by atoms with Gasteiger partial charge in [-0.15, -0.1) is 0 Å². The van der Waals surface area contributed by atoms with Crippen molar-refractivity contribution in [3.05, 3.63) is 29.8 Å². The minimum absolute atomic E-state index is 0.0954. The summed E-state index contributed by atoms with van der Waals surface area (Å²) in [5, 5.41) is 0. The van der Waals surface area contributed by atoms with E-state index in [9.17, 15) is 21.6 Å². The van der Waals surface area contributed by atoms with Gasteiger partial charge in [0.1, 0.15) is 0 Å². The normalized spacial score (nSPS) is 14.1. The number of halogens is 3. The van der Waals surface area contributed by atoms with E-state index < -0.39 is 32.7 Å². The summed E-state index contributed by atoms with van der Waals surface area (Å²) in [6.07, 6.45) is -2.37. The first-order chi connectivity index (χ1) is 9.70. The van der Waals surface area contributed by atoms with Crippen molar-refractivity contribution in [3.63, 3.8) is 0 Å². The molecule has 1 unspecified atom stereocenters. The monoisotopic (exact) mass is 324 g/mol. The molecule has 1 aromatic carbocycles. The van der Waals surface area contributed by atoms with E-state index in [-0.39, 0.29) is 6.54 Å². The highest BCUT2D eigenvalue weighted by molar-refractivity contribution is 7.89. The summed E-state index contributed by atoms with van der Waals surface area (Å²) in [6, 6.07) is 3.17. The number of alkyl halides is 3. The van der Waals surface area contributed by atoms with Gasteiger partial charge in [0.15, 0.2) is 0 Å². The first kappa shape index (κ1) is 17.9. The van der Waals surface area contributed by atoms with Gasteiger partial charge in [0, 0.05) is 12.6 Å². The Balaban J connectivity index is 2.97. The summed E-state index contributed by atoms with van der Waals surface area (Å²) in [4.78, 5) is -0.410. The fraction of sp³-hybridized carbons (Fsp3) is 0.538. The van der Waals surface area contributed by atoms with Gasteiger partial charge in [0.2, 0.25) is 10.0 Å². The summed E-state index contributed by atoms with van der Waals surface area (Å²) < 4.78 is 64.4. The molecule has 1 rings (SSSR count). The van der Waals surface area contributed by atoms with E-state index in [1.807, 2.05) is 6.92 Å². The van der Waals surface area contributed by atoms with Crippen molar-refractivity contribution >= 4 is 10.0 Å². The van der Waals surface area contributed by atoms with Crippen LogP contribution in [0.4, 0.5) is 13.2 Å². The lowest BCUT2D eigenvalue weighted by atomic mass is 10.1. The second kappa shape index (κ2) is 7.24. The minimum Gasteiger partial charge on any atom is -0.329 e. The third kappa shape index (κ3) is 5.29. The zero-order chi connectivity index (χ0) is 16.1. The van der Waals surface area contributed by atoms with E-state index >= 15 is 0 Å². The molecular formula is C13H19F3N2O2S. The Morgan fingerprint density at radius 1 is 1.33 bits per heavy atom. The molecule has 21 heavy (non-hydrogen) atoms. The molecule has 3 N–H and O–H groups in total. The molecule has 0 saturated carbocycles. The van der Waals surface area contributed by atoms with Gasteiger partial charge in [0.05, 0.1) is 10.5 Å². The smallest absolute Gasteiger partial charge is 0.329 e. The molecule has 0 heterocycles. The lowest BCUT2D eigenvalue weighted by molar-refractivity contribution is -0.137. The Morgan fingerprint density at radius 3 is 2.52 bits per heavy atom. The molecule has 0 aliphatic carbocycles. The van der Waals surface area contributed by atoms with Crippen LogP contribution in [-0.2, 0) is 16.2 Å². The lowest BCUT2D eigenvalue weighted by Gasteiger charge is -2.17. The summed E-state index contributed by atoms with van der Waals surface area (Å²) in [5.41, 5.74) is 4.49. The first-order valence-electron chi connectivity index (χ1n) is 6.60. The third-order valence-corrected chi connectivity index (χ3v) is 4.50. The number of rotatable bonds is 7. The highest BCUT2D eigenvalue weighted by Gasteiger charge is 2.31. The van der Waals surface area contributed by atoms with Gasteiger partial charge in [-0.2, -0.15) is 13.2 Å². The van der Waals surface area contributed by atoms with Crippen LogP contribution in [0, 0.1) is 0 Å². The molecular weight excluding hydrogens is 305 g/mol. The largest absolute Gasteiger partial charge is 0.416 e. The third-order valence-electron chi connectivity index (χ3n) is 2.98. The van der Waals surface area contributed by atoms with Gasteiger partial charge in [0.25, 0.3) is 0 Å². The van der Waals surface area contributed by atoms with Crippen molar-refractivity contribution in [2.75, 3.05) is 6.54 Å². The molecule has 4 nitrogen and oxygen atoms in total. The average Bonchev–Trinajstić information content (AvgIpc) is 2.42. The number of hydrogen-bond acceptors (Lipinski definition) is 3. The molecule has 0 radical (unpaired) electrons. The van der Waals surface area contributed by atoms with Crippen molar-refractivity contribution in [2.45, 2.75) is 43.3 Å². The van der Waals surface area contributed by atoms with Crippen LogP contribution in [0.15, 0.2) is 29.2 Å². The molecule has 0 aromatic heterocycles. The maximum Gasteiger partial charge on any atom is 0.416 e. The Labute approximate surface area is 122 Å². The van der Waals surface area contributed by atoms with Crippen LogP contribution in [0.2, 0.25) is 0 Å². The molecule has 0 aliphatic rings. The number of sulfonamides is 1. The van der Waals surface area contributed by atoms with Crippen LogP contribution in [-0.4, -0.2) is 21.0 Å². The molecule has 0 spiro atoms. The van der Waals surface area contributed by atoms with E-state index in [1.54, 1.807) is 0 Å². The summed E-state index contributed by atoms with van der Waals surface area (Å²) in [7, 11) is -4.01. The van der Waals surface area contributed by atoms with Crippen LogP contribution in [0.25, 0.3) is 0 Å². The average molecular weight is 324 g/mol. The highest BCUT2D eigenvalue weighted by Crippen LogP contribution is 2.30. The summed E-state index contributed by atoms with van der Waals surface area (Å²) >= 11 is 0. The zero-order valence-electron chi connectivity index (χ0n) is 11.7. The molecule has 0 aliphatic heterocycles. The number of hydrogen-bond donors (Lipinski definition) is 2. The fourth-order valence-corrected chi connectivity index (χ4v) is 3.13. The minimum atomic E-state index is -4.58. The fourth-order valence-electron chi connectivity index (χ4n) is 1.80. The lowest BCUT2D eigenvalue weighted by Crippen LogP contribution is -2.40. The molecule has 0 bridgehead atoms. The Kier molecular flexibility index (Phi) is 6.18. The van der Waals surface area contributed by atoms with Crippen LogP contribution in [0.1, 0.15) is 31.7 Å². The molecule has 1 aromatic rings. The van der Waals surface area contributed by atoms with Gasteiger partial charge >= 0.3 is 6.18 Å². The van der Waals surface area contributed by atoms with Gasteiger partial charge in [-0.05, 0) is 24.6 Å². The Morgan fingerprint density at radius 2 is 2.00 bits per heavy atom. The molecule has 1 atom stereocenters. The van der Waals surface area contributed by atoms with Crippen LogP contribution in [0.5, 0.6) is 0 Å². The second-order valence-electron chi connectivity index (χ2n) is 4.72. The maximum atomic E-state index is 12.6. The summed E-state index contributed by atoms with van der Waals surface area (Å²) in [5.74, 6) is 0. The van der Waals surface area contributed by atoms with Gasteiger partial charge in [-0.3, -0.25) is 0 Å². The SMILES string of the molecule is CCCCC(CN)NS(=O)(=O)c1cccc(C(F)(F)F)c1. The number of nitrogens with two attached hydrogens (primary N) is 1.